The summed E-state index contributed by atoms with van der Waals surface area (Å²) >= 11 is 6.43. The van der Waals surface area contributed by atoms with E-state index in [4.69, 9.17) is 16.3 Å². The Morgan fingerprint density at radius 2 is 2.04 bits per heavy atom. The SMILES string of the molecule is CCn1[nH]cc(C(=O)c2ccc(OC)c(N=S3(=O)CCCC3)c2Cl)c1=O. The number of hydrogen-bond donors (Lipinski definition) is 1. The second kappa shape index (κ2) is 7.28. The number of halogens is 1. The summed E-state index contributed by atoms with van der Waals surface area (Å²) in [5.41, 5.74) is -0.0793. The van der Waals surface area contributed by atoms with E-state index in [1.807, 2.05) is 0 Å². The van der Waals surface area contributed by atoms with Crippen molar-refractivity contribution >= 4 is 32.8 Å². The third-order valence-electron chi connectivity index (χ3n) is 4.38. The Morgan fingerprint density at radius 1 is 1.35 bits per heavy atom. The topological polar surface area (TPSA) is 93.5 Å². The lowest BCUT2D eigenvalue weighted by molar-refractivity contribution is 0.103. The molecule has 0 radical (unpaired) electrons. The third-order valence-corrected chi connectivity index (χ3v) is 7.13. The molecule has 1 aromatic heterocycles. The van der Waals surface area contributed by atoms with Gasteiger partial charge in [0, 0.05) is 29.8 Å². The number of ether oxygens (including phenoxy) is 1. The van der Waals surface area contributed by atoms with Crippen LogP contribution in [-0.2, 0) is 16.3 Å². The molecule has 0 atom stereocenters. The summed E-state index contributed by atoms with van der Waals surface area (Å²) < 4.78 is 23.8. The predicted octanol–water partition coefficient (Wildman–Crippen LogP) is 2.98. The highest BCUT2D eigenvalue weighted by Crippen LogP contribution is 2.40. The molecule has 0 bridgehead atoms. The Labute approximate surface area is 156 Å². The van der Waals surface area contributed by atoms with Crippen LogP contribution in [0.1, 0.15) is 35.7 Å². The first-order valence-corrected chi connectivity index (χ1v) is 10.5. The van der Waals surface area contributed by atoms with Crippen molar-refractivity contribution in [2.75, 3.05) is 18.6 Å². The first-order chi connectivity index (χ1) is 12.4. The van der Waals surface area contributed by atoms with Crippen molar-refractivity contribution in [3.05, 3.63) is 44.8 Å². The fourth-order valence-corrected chi connectivity index (χ4v) is 5.48. The van der Waals surface area contributed by atoms with Gasteiger partial charge in [-0.25, -0.2) is 4.21 Å². The smallest absolute Gasteiger partial charge is 0.277 e. The number of aryl methyl sites for hydroxylation is 1. The van der Waals surface area contributed by atoms with Crippen LogP contribution in [0.15, 0.2) is 27.5 Å². The Morgan fingerprint density at radius 3 is 2.62 bits per heavy atom. The average Bonchev–Trinajstić information content (AvgIpc) is 3.22. The number of nitrogens with zero attached hydrogens (tertiary/aromatic N) is 2. The van der Waals surface area contributed by atoms with Crippen LogP contribution in [0.25, 0.3) is 0 Å². The van der Waals surface area contributed by atoms with E-state index in [0.717, 1.165) is 12.8 Å². The molecule has 0 saturated carbocycles. The van der Waals surface area contributed by atoms with Gasteiger partial charge in [0.05, 0.1) is 21.9 Å². The number of aromatic nitrogens is 2. The number of carbonyl (C=O) groups is 1. The lowest BCUT2D eigenvalue weighted by Crippen LogP contribution is -2.21. The minimum atomic E-state index is -2.40. The second-order valence-electron chi connectivity index (χ2n) is 6.02. The van der Waals surface area contributed by atoms with Crippen molar-refractivity contribution in [1.82, 2.24) is 9.78 Å². The van der Waals surface area contributed by atoms with Gasteiger partial charge in [-0.3, -0.25) is 14.3 Å². The van der Waals surface area contributed by atoms with E-state index in [0.29, 0.717) is 23.8 Å². The summed E-state index contributed by atoms with van der Waals surface area (Å²) in [6, 6.07) is 3.05. The van der Waals surface area contributed by atoms with Crippen LogP contribution in [0, 0.1) is 0 Å². The molecule has 1 aromatic carbocycles. The van der Waals surface area contributed by atoms with E-state index >= 15 is 0 Å². The summed E-state index contributed by atoms with van der Waals surface area (Å²) in [5.74, 6) is 0.845. The molecule has 1 saturated heterocycles. The molecular formula is C17H20ClN3O4S. The summed E-state index contributed by atoms with van der Waals surface area (Å²) in [6.07, 6.45) is 3.06. The number of methoxy groups -OCH3 is 1. The number of ketones is 1. The van der Waals surface area contributed by atoms with Gasteiger partial charge < -0.3 is 9.84 Å². The molecule has 3 rings (SSSR count). The highest BCUT2D eigenvalue weighted by molar-refractivity contribution is 7.93. The number of H-pyrrole nitrogens is 1. The van der Waals surface area contributed by atoms with Gasteiger partial charge in [0.2, 0.25) is 5.78 Å². The lowest BCUT2D eigenvalue weighted by Gasteiger charge is -2.11. The van der Waals surface area contributed by atoms with E-state index in [9.17, 15) is 13.8 Å². The van der Waals surface area contributed by atoms with Gasteiger partial charge in [-0.05, 0) is 31.9 Å². The second-order valence-corrected chi connectivity index (χ2v) is 8.94. The van der Waals surface area contributed by atoms with Gasteiger partial charge in [0.15, 0.2) is 0 Å². The fraction of sp³-hybridized carbons (Fsp3) is 0.412. The van der Waals surface area contributed by atoms with Crippen molar-refractivity contribution in [1.29, 1.82) is 0 Å². The van der Waals surface area contributed by atoms with Crippen LogP contribution in [0.4, 0.5) is 5.69 Å². The number of rotatable bonds is 5. The minimum absolute atomic E-state index is 0.00471. The van der Waals surface area contributed by atoms with E-state index in [2.05, 4.69) is 9.46 Å². The maximum Gasteiger partial charge on any atom is 0.277 e. The normalized spacial score (nSPS) is 15.8. The number of aromatic amines is 1. The van der Waals surface area contributed by atoms with Gasteiger partial charge in [0.25, 0.3) is 5.56 Å². The van der Waals surface area contributed by atoms with Crippen molar-refractivity contribution in [2.24, 2.45) is 4.36 Å². The Kier molecular flexibility index (Phi) is 5.24. The van der Waals surface area contributed by atoms with Crippen molar-refractivity contribution in [3.8, 4) is 5.75 Å². The molecule has 0 aliphatic carbocycles. The molecule has 1 fully saturated rings. The summed E-state index contributed by atoms with van der Waals surface area (Å²) in [6.45, 7) is 2.21. The van der Waals surface area contributed by atoms with Crippen LogP contribution in [0.2, 0.25) is 5.02 Å². The molecule has 2 heterocycles. The zero-order chi connectivity index (χ0) is 18.9. The maximum absolute atomic E-state index is 12.8. The molecule has 1 aliphatic heterocycles. The third kappa shape index (κ3) is 3.31. The molecule has 9 heteroatoms. The van der Waals surface area contributed by atoms with Gasteiger partial charge >= 0.3 is 0 Å². The highest BCUT2D eigenvalue weighted by Gasteiger charge is 2.24. The summed E-state index contributed by atoms with van der Waals surface area (Å²) in [5, 5.41) is 2.79. The molecule has 0 amide bonds. The molecule has 26 heavy (non-hydrogen) atoms. The fourth-order valence-electron chi connectivity index (χ4n) is 2.94. The van der Waals surface area contributed by atoms with Gasteiger partial charge in [-0.1, -0.05) is 11.6 Å². The Balaban J connectivity index is 2.13. The van der Waals surface area contributed by atoms with Crippen LogP contribution in [-0.4, -0.2) is 38.4 Å². The first kappa shape index (κ1) is 18.7. The van der Waals surface area contributed by atoms with Gasteiger partial charge in [-0.2, -0.15) is 4.36 Å². The maximum atomic E-state index is 12.8. The Hall–Kier alpha value is -2.06. The molecule has 2 aromatic rings. The molecule has 140 valence electrons. The van der Waals surface area contributed by atoms with E-state index in [1.54, 1.807) is 13.0 Å². The number of hydrogen-bond acceptors (Lipinski definition) is 5. The van der Waals surface area contributed by atoms with E-state index in [-0.39, 0.29) is 21.8 Å². The molecule has 0 unspecified atom stereocenters. The molecule has 7 nitrogen and oxygen atoms in total. The monoisotopic (exact) mass is 397 g/mol. The summed E-state index contributed by atoms with van der Waals surface area (Å²) in [4.78, 5) is 25.1. The zero-order valence-corrected chi connectivity index (χ0v) is 16.2. The van der Waals surface area contributed by atoms with Crippen molar-refractivity contribution in [3.63, 3.8) is 0 Å². The molecule has 1 N–H and O–H groups in total. The van der Waals surface area contributed by atoms with Gasteiger partial charge in [0.1, 0.15) is 17.0 Å². The molecular weight excluding hydrogens is 378 g/mol. The largest absolute Gasteiger partial charge is 0.494 e. The summed E-state index contributed by atoms with van der Waals surface area (Å²) in [7, 11) is -0.942. The number of nitrogens with one attached hydrogen (secondary N) is 1. The van der Waals surface area contributed by atoms with Gasteiger partial charge in [-0.15, -0.1) is 0 Å². The lowest BCUT2D eigenvalue weighted by atomic mass is 10.1. The Bertz CT molecular complexity index is 1020. The highest BCUT2D eigenvalue weighted by atomic mass is 35.5. The quantitative estimate of drug-likeness (QED) is 0.785. The molecule has 1 aliphatic rings. The van der Waals surface area contributed by atoms with E-state index in [1.165, 1.54) is 24.1 Å². The van der Waals surface area contributed by atoms with Crippen LogP contribution in [0.3, 0.4) is 0 Å². The predicted molar refractivity (Wildman–Crippen MR) is 101 cm³/mol. The minimum Gasteiger partial charge on any atom is -0.494 e. The van der Waals surface area contributed by atoms with E-state index < -0.39 is 21.1 Å². The van der Waals surface area contributed by atoms with Crippen LogP contribution < -0.4 is 10.3 Å². The molecule has 0 spiro atoms. The number of carbonyl (C=O) groups excluding carboxylic acids is 1. The van der Waals surface area contributed by atoms with Crippen LogP contribution in [0.5, 0.6) is 5.75 Å². The van der Waals surface area contributed by atoms with Crippen molar-refractivity contribution < 1.29 is 13.7 Å². The van der Waals surface area contributed by atoms with Crippen molar-refractivity contribution in [2.45, 2.75) is 26.3 Å². The number of benzene rings is 1. The average molecular weight is 398 g/mol. The van der Waals surface area contributed by atoms with Crippen LogP contribution >= 0.6 is 11.6 Å². The first-order valence-electron chi connectivity index (χ1n) is 8.32. The standard InChI is InChI=1S/C17H20ClN3O4S/c1-3-21-17(23)12(10-19-21)16(22)11-6-7-13(25-2)15(14(11)18)20-26(24)8-4-5-9-26/h6-7,10,19H,3-5,8-9H2,1-2H3. The zero-order valence-electron chi connectivity index (χ0n) is 14.6.